The van der Waals surface area contributed by atoms with Crippen molar-refractivity contribution in [1.29, 1.82) is 0 Å². The lowest BCUT2D eigenvalue weighted by Gasteiger charge is -2.06. The van der Waals surface area contributed by atoms with E-state index < -0.39 is 0 Å². The molecule has 0 aliphatic rings. The van der Waals surface area contributed by atoms with E-state index in [0.717, 1.165) is 25.2 Å². The molecule has 0 aliphatic carbocycles. The van der Waals surface area contributed by atoms with Crippen molar-refractivity contribution in [3.05, 3.63) is 65.7 Å². The summed E-state index contributed by atoms with van der Waals surface area (Å²) in [6.07, 6.45) is 3.41. The van der Waals surface area contributed by atoms with Crippen LogP contribution in [-0.4, -0.2) is 6.61 Å². The van der Waals surface area contributed by atoms with Gasteiger partial charge in [-0.15, -0.1) is 0 Å². The Bertz CT molecular complexity index is 462. The summed E-state index contributed by atoms with van der Waals surface area (Å²) in [5.41, 5.74) is 2.66. The normalized spacial score (nSPS) is 10.3. The van der Waals surface area contributed by atoms with Crippen LogP contribution >= 0.6 is 0 Å². The molecule has 94 valence electrons. The standard InChI is InChI=1S/C17H20O/c1-15-8-7-12-17(14-15)18-13-6-5-11-16-9-3-2-4-10-16/h2-4,7-10,12,14H,5-6,11,13H2,1H3. The first kappa shape index (κ1) is 12.7. The summed E-state index contributed by atoms with van der Waals surface area (Å²) in [6.45, 7) is 2.89. The second-order valence-electron chi connectivity index (χ2n) is 4.61. The lowest BCUT2D eigenvalue weighted by Crippen LogP contribution is -1.98. The monoisotopic (exact) mass is 240 g/mol. The number of benzene rings is 2. The third-order valence-electron chi connectivity index (χ3n) is 2.96. The smallest absolute Gasteiger partial charge is 0.119 e. The largest absolute Gasteiger partial charge is 0.494 e. The number of rotatable bonds is 6. The summed E-state index contributed by atoms with van der Waals surface area (Å²) in [4.78, 5) is 0. The summed E-state index contributed by atoms with van der Waals surface area (Å²) >= 11 is 0. The Labute approximate surface area is 109 Å². The molecular weight excluding hydrogens is 220 g/mol. The van der Waals surface area contributed by atoms with E-state index >= 15 is 0 Å². The topological polar surface area (TPSA) is 9.23 Å². The van der Waals surface area contributed by atoms with Gasteiger partial charge in [0.05, 0.1) is 6.61 Å². The summed E-state index contributed by atoms with van der Waals surface area (Å²) < 4.78 is 5.72. The average Bonchev–Trinajstić information content (AvgIpc) is 2.40. The molecule has 2 aromatic rings. The maximum absolute atomic E-state index is 5.72. The van der Waals surface area contributed by atoms with Gasteiger partial charge < -0.3 is 4.74 Å². The van der Waals surface area contributed by atoms with Crippen molar-refractivity contribution in [2.24, 2.45) is 0 Å². The van der Waals surface area contributed by atoms with Crippen LogP contribution in [0.4, 0.5) is 0 Å². The Balaban J connectivity index is 1.65. The zero-order chi connectivity index (χ0) is 12.6. The predicted octanol–water partition coefficient (Wildman–Crippen LogP) is 4.40. The van der Waals surface area contributed by atoms with Gasteiger partial charge in [-0.05, 0) is 49.4 Å². The van der Waals surface area contributed by atoms with Crippen LogP contribution < -0.4 is 4.74 Å². The minimum atomic E-state index is 0.802. The Hall–Kier alpha value is -1.76. The zero-order valence-corrected chi connectivity index (χ0v) is 10.9. The number of ether oxygens (including phenoxy) is 1. The minimum Gasteiger partial charge on any atom is -0.494 e. The van der Waals surface area contributed by atoms with E-state index in [2.05, 4.69) is 49.4 Å². The van der Waals surface area contributed by atoms with Crippen molar-refractivity contribution in [2.45, 2.75) is 26.2 Å². The zero-order valence-electron chi connectivity index (χ0n) is 10.9. The van der Waals surface area contributed by atoms with Gasteiger partial charge in [0.2, 0.25) is 0 Å². The molecule has 0 atom stereocenters. The van der Waals surface area contributed by atoms with Crippen LogP contribution in [0, 0.1) is 6.92 Å². The Morgan fingerprint density at radius 2 is 1.72 bits per heavy atom. The van der Waals surface area contributed by atoms with Crippen LogP contribution in [0.2, 0.25) is 0 Å². The van der Waals surface area contributed by atoms with Crippen LogP contribution in [0.5, 0.6) is 5.75 Å². The van der Waals surface area contributed by atoms with Gasteiger partial charge in [0.25, 0.3) is 0 Å². The lowest BCUT2D eigenvalue weighted by molar-refractivity contribution is 0.307. The van der Waals surface area contributed by atoms with Crippen LogP contribution in [0.15, 0.2) is 54.6 Å². The van der Waals surface area contributed by atoms with Gasteiger partial charge in [-0.2, -0.15) is 0 Å². The number of unbranched alkanes of at least 4 members (excludes halogenated alkanes) is 1. The van der Waals surface area contributed by atoms with Crippen LogP contribution in [-0.2, 0) is 6.42 Å². The van der Waals surface area contributed by atoms with Gasteiger partial charge in [-0.3, -0.25) is 0 Å². The molecule has 2 rings (SSSR count). The van der Waals surface area contributed by atoms with Crippen LogP contribution in [0.1, 0.15) is 24.0 Å². The molecule has 0 amide bonds. The third-order valence-corrected chi connectivity index (χ3v) is 2.96. The first-order chi connectivity index (χ1) is 8.84. The molecule has 0 saturated carbocycles. The summed E-state index contributed by atoms with van der Waals surface area (Å²) in [7, 11) is 0. The molecule has 1 nitrogen and oxygen atoms in total. The first-order valence-corrected chi connectivity index (χ1v) is 6.58. The van der Waals surface area contributed by atoms with E-state index in [9.17, 15) is 0 Å². The fourth-order valence-corrected chi connectivity index (χ4v) is 1.97. The summed E-state index contributed by atoms with van der Waals surface area (Å²) in [5.74, 6) is 0.981. The molecule has 0 N–H and O–H groups in total. The SMILES string of the molecule is Cc1cccc(OCCCCc2ccccc2)c1. The molecule has 0 bridgehead atoms. The van der Waals surface area contributed by atoms with Crippen molar-refractivity contribution < 1.29 is 4.74 Å². The summed E-state index contributed by atoms with van der Waals surface area (Å²) in [5, 5.41) is 0. The van der Waals surface area contributed by atoms with Gasteiger partial charge >= 0.3 is 0 Å². The fraction of sp³-hybridized carbons (Fsp3) is 0.294. The van der Waals surface area contributed by atoms with Crippen molar-refractivity contribution >= 4 is 0 Å². The van der Waals surface area contributed by atoms with Crippen molar-refractivity contribution in [2.75, 3.05) is 6.61 Å². The van der Waals surface area contributed by atoms with E-state index in [1.807, 2.05) is 12.1 Å². The number of aryl methyl sites for hydroxylation is 2. The molecule has 0 radical (unpaired) electrons. The highest BCUT2D eigenvalue weighted by Crippen LogP contribution is 2.13. The third kappa shape index (κ3) is 4.25. The first-order valence-electron chi connectivity index (χ1n) is 6.58. The molecule has 0 fully saturated rings. The molecule has 18 heavy (non-hydrogen) atoms. The van der Waals surface area contributed by atoms with Gasteiger partial charge in [-0.1, -0.05) is 42.5 Å². The molecule has 0 heterocycles. The molecule has 0 aromatic heterocycles. The van der Waals surface area contributed by atoms with E-state index in [-0.39, 0.29) is 0 Å². The van der Waals surface area contributed by atoms with Crippen molar-refractivity contribution in [1.82, 2.24) is 0 Å². The molecule has 0 saturated heterocycles. The molecular formula is C17H20O. The molecule has 0 aliphatic heterocycles. The highest BCUT2D eigenvalue weighted by atomic mass is 16.5. The van der Waals surface area contributed by atoms with Gasteiger partial charge in [0.15, 0.2) is 0 Å². The Morgan fingerprint density at radius 3 is 2.50 bits per heavy atom. The number of hydrogen-bond acceptors (Lipinski definition) is 1. The second-order valence-corrected chi connectivity index (χ2v) is 4.61. The number of hydrogen-bond donors (Lipinski definition) is 0. The highest BCUT2D eigenvalue weighted by molar-refractivity contribution is 5.27. The molecule has 2 aromatic carbocycles. The summed E-state index contributed by atoms with van der Waals surface area (Å²) in [6, 6.07) is 18.8. The average molecular weight is 240 g/mol. The van der Waals surface area contributed by atoms with E-state index in [4.69, 9.17) is 4.74 Å². The van der Waals surface area contributed by atoms with Crippen LogP contribution in [0.3, 0.4) is 0 Å². The second kappa shape index (κ2) is 6.85. The molecule has 1 heteroatoms. The van der Waals surface area contributed by atoms with E-state index in [1.165, 1.54) is 17.5 Å². The minimum absolute atomic E-state index is 0.802. The quantitative estimate of drug-likeness (QED) is 0.680. The van der Waals surface area contributed by atoms with E-state index in [1.54, 1.807) is 0 Å². The van der Waals surface area contributed by atoms with Gasteiger partial charge in [-0.25, -0.2) is 0 Å². The molecule has 0 unspecified atom stereocenters. The van der Waals surface area contributed by atoms with Crippen molar-refractivity contribution in [3.8, 4) is 5.75 Å². The molecule has 0 spiro atoms. The predicted molar refractivity (Wildman–Crippen MR) is 76.1 cm³/mol. The fourth-order valence-electron chi connectivity index (χ4n) is 1.97. The highest BCUT2D eigenvalue weighted by Gasteiger charge is 1.95. The van der Waals surface area contributed by atoms with Gasteiger partial charge in [0.1, 0.15) is 5.75 Å². The van der Waals surface area contributed by atoms with Crippen molar-refractivity contribution in [3.63, 3.8) is 0 Å². The van der Waals surface area contributed by atoms with E-state index in [0.29, 0.717) is 0 Å². The Morgan fingerprint density at radius 1 is 0.889 bits per heavy atom. The Kier molecular flexibility index (Phi) is 4.83. The lowest BCUT2D eigenvalue weighted by atomic mass is 10.1. The maximum Gasteiger partial charge on any atom is 0.119 e. The maximum atomic E-state index is 5.72. The van der Waals surface area contributed by atoms with Gasteiger partial charge in [0, 0.05) is 0 Å². The van der Waals surface area contributed by atoms with Crippen LogP contribution in [0.25, 0.3) is 0 Å².